The molecule has 22 heavy (non-hydrogen) atoms. The Balaban J connectivity index is 2.33. The summed E-state index contributed by atoms with van der Waals surface area (Å²) in [5, 5.41) is 0.521. The molecular weight excluding hydrogens is 343 g/mol. The van der Waals surface area contributed by atoms with E-state index in [1.54, 1.807) is 19.1 Å². The molecule has 0 radical (unpaired) electrons. The van der Waals surface area contributed by atoms with Gasteiger partial charge in [0, 0.05) is 30.5 Å². The van der Waals surface area contributed by atoms with E-state index in [9.17, 15) is 8.42 Å². The zero-order valence-electron chi connectivity index (χ0n) is 12.4. The van der Waals surface area contributed by atoms with Crippen LogP contribution >= 0.6 is 23.2 Å². The van der Waals surface area contributed by atoms with Gasteiger partial charge in [0.05, 0.1) is 5.02 Å². The molecule has 0 aliphatic carbocycles. The lowest BCUT2D eigenvalue weighted by atomic mass is 10.2. The molecule has 0 saturated heterocycles. The molecule has 0 unspecified atom stereocenters. The molecule has 0 aromatic heterocycles. The number of benzene rings is 2. The van der Waals surface area contributed by atoms with Gasteiger partial charge in [0.2, 0.25) is 0 Å². The molecular formula is C15H16Cl2N2O2S. The largest absolute Gasteiger partial charge is 0.378 e. The minimum atomic E-state index is -3.77. The number of hydrogen-bond donors (Lipinski definition) is 1. The van der Waals surface area contributed by atoms with E-state index in [0.29, 0.717) is 16.3 Å². The third-order valence-corrected chi connectivity index (χ3v) is 5.39. The molecule has 0 fully saturated rings. The third kappa shape index (κ3) is 3.66. The molecule has 118 valence electrons. The molecule has 2 aromatic carbocycles. The number of nitrogens with zero attached hydrogens (tertiary/aromatic N) is 1. The minimum absolute atomic E-state index is 0.00718. The average molecular weight is 359 g/mol. The van der Waals surface area contributed by atoms with Crippen molar-refractivity contribution in [2.24, 2.45) is 0 Å². The fourth-order valence-electron chi connectivity index (χ4n) is 1.87. The van der Waals surface area contributed by atoms with Crippen molar-refractivity contribution in [1.82, 2.24) is 0 Å². The third-order valence-electron chi connectivity index (χ3n) is 3.14. The Kier molecular flexibility index (Phi) is 4.90. The van der Waals surface area contributed by atoms with Crippen LogP contribution < -0.4 is 9.62 Å². The Bertz CT molecular complexity index is 788. The summed E-state index contributed by atoms with van der Waals surface area (Å²) in [6.45, 7) is 1.73. The SMILES string of the molecule is Cc1cc(S(=O)(=O)Nc2ccc(N(C)C)cc2)c(Cl)cc1Cl. The molecule has 4 nitrogen and oxygen atoms in total. The molecule has 0 spiro atoms. The van der Waals surface area contributed by atoms with Gasteiger partial charge in [0.25, 0.3) is 10.0 Å². The highest BCUT2D eigenvalue weighted by molar-refractivity contribution is 7.92. The second-order valence-corrected chi connectivity index (χ2v) is 7.54. The summed E-state index contributed by atoms with van der Waals surface area (Å²) in [6.07, 6.45) is 0. The van der Waals surface area contributed by atoms with Crippen molar-refractivity contribution >= 4 is 44.6 Å². The quantitative estimate of drug-likeness (QED) is 0.892. The highest BCUT2D eigenvalue weighted by Gasteiger charge is 2.19. The van der Waals surface area contributed by atoms with Crippen LogP contribution in [0.15, 0.2) is 41.3 Å². The zero-order chi connectivity index (χ0) is 16.5. The number of rotatable bonds is 4. The number of halogens is 2. The van der Waals surface area contributed by atoms with Gasteiger partial charge >= 0.3 is 0 Å². The van der Waals surface area contributed by atoms with Gasteiger partial charge in [-0.05, 0) is 48.9 Å². The minimum Gasteiger partial charge on any atom is -0.378 e. The molecule has 0 aliphatic heterocycles. The highest BCUT2D eigenvalue weighted by atomic mass is 35.5. The van der Waals surface area contributed by atoms with Crippen LogP contribution in [0.1, 0.15) is 5.56 Å². The van der Waals surface area contributed by atoms with Crippen molar-refractivity contribution in [3.05, 3.63) is 52.0 Å². The monoisotopic (exact) mass is 358 g/mol. The molecule has 0 amide bonds. The molecule has 0 atom stereocenters. The van der Waals surface area contributed by atoms with Crippen LogP contribution in [0, 0.1) is 6.92 Å². The summed E-state index contributed by atoms with van der Waals surface area (Å²) in [5.74, 6) is 0. The van der Waals surface area contributed by atoms with Gasteiger partial charge in [0.1, 0.15) is 4.90 Å². The predicted molar refractivity (Wildman–Crippen MR) is 92.8 cm³/mol. The van der Waals surface area contributed by atoms with Crippen LogP contribution in [0.3, 0.4) is 0 Å². The first kappa shape index (κ1) is 16.9. The van der Waals surface area contributed by atoms with Crippen molar-refractivity contribution in [3.8, 4) is 0 Å². The van der Waals surface area contributed by atoms with E-state index in [4.69, 9.17) is 23.2 Å². The first-order valence-corrected chi connectivity index (χ1v) is 8.70. The van der Waals surface area contributed by atoms with E-state index in [-0.39, 0.29) is 9.92 Å². The van der Waals surface area contributed by atoms with Gasteiger partial charge < -0.3 is 4.90 Å². The maximum Gasteiger partial charge on any atom is 0.263 e. The second-order valence-electron chi connectivity index (χ2n) is 5.08. The van der Waals surface area contributed by atoms with Crippen LogP contribution in [0.25, 0.3) is 0 Å². The lowest BCUT2D eigenvalue weighted by molar-refractivity contribution is 0.601. The van der Waals surface area contributed by atoms with E-state index >= 15 is 0 Å². The predicted octanol–water partition coefficient (Wildman–Crippen LogP) is 4.17. The number of anilines is 2. The summed E-state index contributed by atoms with van der Waals surface area (Å²) < 4.78 is 27.4. The van der Waals surface area contributed by atoms with Crippen LogP contribution in [-0.2, 0) is 10.0 Å². The van der Waals surface area contributed by atoms with Crippen molar-refractivity contribution in [3.63, 3.8) is 0 Å². The Morgan fingerprint density at radius 3 is 2.14 bits per heavy atom. The molecule has 2 aromatic rings. The van der Waals surface area contributed by atoms with E-state index < -0.39 is 10.0 Å². The van der Waals surface area contributed by atoms with Gasteiger partial charge in [-0.1, -0.05) is 23.2 Å². The first-order valence-electron chi connectivity index (χ1n) is 6.46. The van der Waals surface area contributed by atoms with Crippen LogP contribution in [0.2, 0.25) is 10.0 Å². The fraction of sp³-hybridized carbons (Fsp3) is 0.200. The highest BCUT2D eigenvalue weighted by Crippen LogP contribution is 2.29. The summed E-state index contributed by atoms with van der Waals surface area (Å²) >= 11 is 11.9. The Morgan fingerprint density at radius 1 is 1.00 bits per heavy atom. The normalized spacial score (nSPS) is 11.3. The number of aryl methyl sites for hydroxylation is 1. The second kappa shape index (κ2) is 6.36. The number of sulfonamides is 1. The van der Waals surface area contributed by atoms with Gasteiger partial charge in [-0.15, -0.1) is 0 Å². The van der Waals surface area contributed by atoms with Crippen molar-refractivity contribution in [1.29, 1.82) is 0 Å². The van der Waals surface area contributed by atoms with Crippen LogP contribution in [0.4, 0.5) is 11.4 Å². The van der Waals surface area contributed by atoms with E-state index in [1.807, 2.05) is 31.1 Å². The lowest BCUT2D eigenvalue weighted by Gasteiger charge is -2.14. The Labute approximate surface area is 140 Å². The molecule has 0 saturated carbocycles. The smallest absolute Gasteiger partial charge is 0.263 e. The molecule has 1 N–H and O–H groups in total. The summed E-state index contributed by atoms with van der Waals surface area (Å²) in [5.41, 5.74) is 2.09. The Hall–Kier alpha value is -1.43. The van der Waals surface area contributed by atoms with E-state index in [2.05, 4.69) is 4.72 Å². The standard InChI is InChI=1S/C15H16Cl2N2O2S/c1-10-8-15(14(17)9-13(10)16)22(20,21)18-11-4-6-12(7-5-11)19(2)3/h4-9,18H,1-3H3. The number of nitrogens with one attached hydrogen (secondary N) is 1. The van der Waals surface area contributed by atoms with Crippen LogP contribution in [0.5, 0.6) is 0 Å². The van der Waals surface area contributed by atoms with Crippen molar-refractivity contribution < 1.29 is 8.42 Å². The Morgan fingerprint density at radius 2 is 1.59 bits per heavy atom. The van der Waals surface area contributed by atoms with E-state index in [1.165, 1.54) is 12.1 Å². The van der Waals surface area contributed by atoms with Crippen LogP contribution in [-0.4, -0.2) is 22.5 Å². The maximum atomic E-state index is 12.5. The van der Waals surface area contributed by atoms with Gasteiger partial charge in [0.15, 0.2) is 0 Å². The van der Waals surface area contributed by atoms with Gasteiger partial charge in [-0.25, -0.2) is 8.42 Å². The molecule has 7 heteroatoms. The van der Waals surface area contributed by atoms with E-state index in [0.717, 1.165) is 5.69 Å². The summed E-state index contributed by atoms with van der Waals surface area (Å²) in [7, 11) is 0.0537. The zero-order valence-corrected chi connectivity index (χ0v) is 14.7. The lowest BCUT2D eigenvalue weighted by Crippen LogP contribution is -2.14. The molecule has 0 aliphatic rings. The fourth-order valence-corrected chi connectivity index (χ4v) is 3.77. The van der Waals surface area contributed by atoms with Crippen molar-refractivity contribution in [2.45, 2.75) is 11.8 Å². The van der Waals surface area contributed by atoms with Crippen molar-refractivity contribution in [2.75, 3.05) is 23.7 Å². The van der Waals surface area contributed by atoms with Gasteiger partial charge in [-0.3, -0.25) is 4.72 Å². The van der Waals surface area contributed by atoms with Gasteiger partial charge in [-0.2, -0.15) is 0 Å². The number of hydrogen-bond acceptors (Lipinski definition) is 3. The maximum absolute atomic E-state index is 12.5. The summed E-state index contributed by atoms with van der Waals surface area (Å²) in [4.78, 5) is 1.94. The molecule has 2 rings (SSSR count). The topological polar surface area (TPSA) is 49.4 Å². The average Bonchev–Trinajstić information content (AvgIpc) is 2.42. The molecule has 0 heterocycles. The first-order chi connectivity index (χ1) is 10.2. The molecule has 0 bridgehead atoms. The summed E-state index contributed by atoms with van der Waals surface area (Å²) in [6, 6.07) is 9.94.